The van der Waals surface area contributed by atoms with Gasteiger partial charge in [-0.1, -0.05) is 67.1 Å². The molecular formula is C22H26N2O. The van der Waals surface area contributed by atoms with Gasteiger partial charge >= 0.3 is 0 Å². The van der Waals surface area contributed by atoms with Gasteiger partial charge in [-0.2, -0.15) is 0 Å². The maximum absolute atomic E-state index is 13.3. The highest BCUT2D eigenvalue weighted by atomic mass is 16.2. The molecule has 0 radical (unpaired) electrons. The summed E-state index contributed by atoms with van der Waals surface area (Å²) >= 11 is 0. The minimum absolute atomic E-state index is 0.247. The third-order valence-corrected chi connectivity index (χ3v) is 5.85. The summed E-state index contributed by atoms with van der Waals surface area (Å²) in [5.41, 5.74) is 2.31. The quantitative estimate of drug-likeness (QED) is 0.855. The highest BCUT2D eigenvalue weighted by molar-refractivity contribution is 5.89. The van der Waals surface area contributed by atoms with E-state index in [2.05, 4.69) is 64.4 Å². The molecule has 1 saturated carbocycles. The number of amides is 1. The number of rotatable bonds is 4. The molecule has 0 unspecified atom stereocenters. The molecule has 0 spiro atoms. The van der Waals surface area contributed by atoms with Crippen LogP contribution in [-0.2, 0) is 16.8 Å². The molecule has 130 valence electrons. The van der Waals surface area contributed by atoms with E-state index in [1.54, 1.807) is 0 Å². The van der Waals surface area contributed by atoms with Gasteiger partial charge in [0, 0.05) is 32.7 Å². The Hall–Kier alpha value is -2.13. The zero-order valence-electron chi connectivity index (χ0n) is 14.7. The Balaban J connectivity index is 1.39. The highest BCUT2D eigenvalue weighted by Crippen LogP contribution is 2.45. The third kappa shape index (κ3) is 3.21. The van der Waals surface area contributed by atoms with E-state index in [0.717, 1.165) is 52.0 Å². The summed E-state index contributed by atoms with van der Waals surface area (Å²) in [5.74, 6) is 0.351. The van der Waals surface area contributed by atoms with Gasteiger partial charge < -0.3 is 4.90 Å². The number of nitrogens with zero attached hydrogens (tertiary/aromatic N) is 2. The predicted octanol–water partition coefficient (Wildman–Crippen LogP) is 3.45. The van der Waals surface area contributed by atoms with E-state index in [-0.39, 0.29) is 5.41 Å². The third-order valence-electron chi connectivity index (χ3n) is 5.85. The first-order chi connectivity index (χ1) is 12.3. The van der Waals surface area contributed by atoms with Crippen LogP contribution in [0.3, 0.4) is 0 Å². The number of benzene rings is 2. The lowest BCUT2D eigenvalue weighted by Crippen LogP contribution is -2.56. The van der Waals surface area contributed by atoms with Crippen LogP contribution in [0.1, 0.15) is 30.4 Å². The van der Waals surface area contributed by atoms with E-state index in [1.807, 2.05) is 6.07 Å². The lowest BCUT2D eigenvalue weighted by atomic mass is 9.63. The zero-order valence-corrected chi connectivity index (χ0v) is 14.7. The molecule has 2 aliphatic rings. The van der Waals surface area contributed by atoms with E-state index < -0.39 is 0 Å². The molecule has 0 aromatic heterocycles. The summed E-state index contributed by atoms with van der Waals surface area (Å²) in [4.78, 5) is 17.8. The van der Waals surface area contributed by atoms with E-state index >= 15 is 0 Å². The van der Waals surface area contributed by atoms with E-state index in [9.17, 15) is 4.79 Å². The number of piperazine rings is 1. The first-order valence-corrected chi connectivity index (χ1v) is 9.39. The molecule has 0 atom stereocenters. The lowest BCUT2D eigenvalue weighted by Gasteiger charge is -2.46. The monoisotopic (exact) mass is 334 g/mol. The minimum atomic E-state index is -0.247. The molecule has 0 bridgehead atoms. The lowest BCUT2D eigenvalue weighted by molar-refractivity contribution is -0.142. The summed E-state index contributed by atoms with van der Waals surface area (Å²) in [6.45, 7) is 4.60. The van der Waals surface area contributed by atoms with Crippen molar-refractivity contribution in [1.29, 1.82) is 0 Å². The first-order valence-electron chi connectivity index (χ1n) is 9.39. The number of hydrogen-bond donors (Lipinski definition) is 0. The van der Waals surface area contributed by atoms with Crippen LogP contribution >= 0.6 is 0 Å². The summed E-state index contributed by atoms with van der Waals surface area (Å²) in [7, 11) is 0. The van der Waals surface area contributed by atoms with E-state index in [0.29, 0.717) is 5.91 Å². The van der Waals surface area contributed by atoms with Crippen molar-refractivity contribution >= 4 is 5.91 Å². The Labute approximate surface area is 150 Å². The van der Waals surface area contributed by atoms with Gasteiger partial charge in [-0.25, -0.2) is 0 Å². The molecule has 2 aromatic carbocycles. The van der Waals surface area contributed by atoms with Gasteiger partial charge in [0.15, 0.2) is 0 Å². The fraction of sp³-hybridized carbons (Fsp3) is 0.409. The summed E-state index contributed by atoms with van der Waals surface area (Å²) < 4.78 is 0. The molecule has 1 aliphatic carbocycles. The average Bonchev–Trinajstić information content (AvgIpc) is 2.63. The fourth-order valence-electron chi connectivity index (χ4n) is 4.17. The van der Waals surface area contributed by atoms with Gasteiger partial charge in [0.1, 0.15) is 0 Å². The highest BCUT2D eigenvalue weighted by Gasteiger charge is 2.47. The predicted molar refractivity (Wildman–Crippen MR) is 100 cm³/mol. The Morgan fingerprint density at radius 1 is 0.840 bits per heavy atom. The van der Waals surface area contributed by atoms with Gasteiger partial charge in [0.05, 0.1) is 5.41 Å². The van der Waals surface area contributed by atoms with Gasteiger partial charge in [-0.3, -0.25) is 9.69 Å². The van der Waals surface area contributed by atoms with Crippen LogP contribution in [0.4, 0.5) is 0 Å². The van der Waals surface area contributed by atoms with Crippen LogP contribution in [0.2, 0.25) is 0 Å². The molecule has 1 aliphatic heterocycles. The van der Waals surface area contributed by atoms with Crippen molar-refractivity contribution in [2.75, 3.05) is 26.2 Å². The van der Waals surface area contributed by atoms with Crippen molar-refractivity contribution in [3.05, 3.63) is 71.8 Å². The number of carbonyl (C=O) groups excluding carboxylic acids is 1. The maximum atomic E-state index is 13.3. The Bertz CT molecular complexity index is 701. The fourth-order valence-corrected chi connectivity index (χ4v) is 4.17. The molecule has 3 nitrogen and oxygen atoms in total. The summed E-state index contributed by atoms with van der Waals surface area (Å²) in [6, 6.07) is 21.0. The molecule has 1 amide bonds. The van der Waals surface area contributed by atoms with Crippen molar-refractivity contribution in [3.8, 4) is 0 Å². The van der Waals surface area contributed by atoms with Crippen molar-refractivity contribution in [2.24, 2.45) is 0 Å². The van der Waals surface area contributed by atoms with Gasteiger partial charge in [0.25, 0.3) is 0 Å². The van der Waals surface area contributed by atoms with Crippen LogP contribution in [0.25, 0.3) is 0 Å². The minimum Gasteiger partial charge on any atom is -0.339 e. The Kier molecular flexibility index (Phi) is 4.58. The second-order valence-corrected chi connectivity index (χ2v) is 7.36. The molecule has 2 aromatic rings. The molecule has 25 heavy (non-hydrogen) atoms. The normalized spacial score (nSPS) is 20.1. The van der Waals surface area contributed by atoms with Crippen molar-refractivity contribution in [3.63, 3.8) is 0 Å². The number of hydrogen-bond acceptors (Lipinski definition) is 2. The topological polar surface area (TPSA) is 23.6 Å². The molecular weight excluding hydrogens is 308 g/mol. The Morgan fingerprint density at radius 2 is 1.44 bits per heavy atom. The van der Waals surface area contributed by atoms with E-state index in [1.165, 1.54) is 11.1 Å². The standard InChI is InChI=1S/C22H26N2O/c25-21(22(12-7-13-22)20-10-5-2-6-11-20)24-16-14-23(15-17-24)18-19-8-3-1-4-9-19/h1-6,8-11H,7,12-18H2. The SMILES string of the molecule is O=C(N1CCN(Cc2ccccc2)CC1)C1(c2ccccc2)CCC1. The van der Waals surface area contributed by atoms with Crippen molar-refractivity contribution in [2.45, 2.75) is 31.2 Å². The van der Waals surface area contributed by atoms with Crippen LogP contribution in [0.5, 0.6) is 0 Å². The Morgan fingerprint density at radius 3 is 2.00 bits per heavy atom. The van der Waals surface area contributed by atoms with Crippen molar-refractivity contribution < 1.29 is 4.79 Å². The molecule has 1 heterocycles. The maximum Gasteiger partial charge on any atom is 0.233 e. The van der Waals surface area contributed by atoms with Gasteiger partial charge in [0.2, 0.25) is 5.91 Å². The zero-order chi connectivity index (χ0) is 17.1. The smallest absolute Gasteiger partial charge is 0.233 e. The van der Waals surface area contributed by atoms with Crippen LogP contribution in [0.15, 0.2) is 60.7 Å². The molecule has 2 fully saturated rings. The summed E-state index contributed by atoms with van der Waals surface area (Å²) in [6.07, 6.45) is 3.16. The number of carbonyl (C=O) groups is 1. The molecule has 3 heteroatoms. The second-order valence-electron chi connectivity index (χ2n) is 7.36. The van der Waals surface area contributed by atoms with Crippen LogP contribution < -0.4 is 0 Å². The van der Waals surface area contributed by atoms with Gasteiger partial charge in [-0.15, -0.1) is 0 Å². The second kappa shape index (κ2) is 7.01. The summed E-state index contributed by atoms with van der Waals surface area (Å²) in [5, 5.41) is 0. The van der Waals surface area contributed by atoms with Gasteiger partial charge in [-0.05, 0) is 24.0 Å². The largest absolute Gasteiger partial charge is 0.339 e. The molecule has 0 N–H and O–H groups in total. The molecule has 1 saturated heterocycles. The van der Waals surface area contributed by atoms with Crippen molar-refractivity contribution in [1.82, 2.24) is 9.80 Å². The first kappa shape index (κ1) is 16.3. The van der Waals surface area contributed by atoms with Crippen LogP contribution in [-0.4, -0.2) is 41.9 Å². The molecule has 4 rings (SSSR count). The average molecular weight is 334 g/mol. The van der Waals surface area contributed by atoms with Crippen LogP contribution in [0, 0.1) is 0 Å². The van der Waals surface area contributed by atoms with E-state index in [4.69, 9.17) is 0 Å².